The van der Waals surface area contributed by atoms with Crippen LogP contribution in [0.3, 0.4) is 0 Å². The van der Waals surface area contributed by atoms with Gasteiger partial charge in [0.05, 0.1) is 11.0 Å². The molecular weight excluding hydrogens is 416 g/mol. The molecule has 0 aliphatic carbocycles. The lowest BCUT2D eigenvalue weighted by atomic mass is 10.1. The van der Waals surface area contributed by atoms with Crippen LogP contribution in [0.5, 0.6) is 0 Å². The van der Waals surface area contributed by atoms with Crippen molar-refractivity contribution in [2.24, 2.45) is 0 Å². The zero-order valence-electron chi connectivity index (χ0n) is 16.5. The Labute approximate surface area is 182 Å². The summed E-state index contributed by atoms with van der Waals surface area (Å²) in [5.41, 5.74) is 2.09. The molecular formula is C22H20N4O4S. The average Bonchev–Trinajstić information content (AvgIpc) is 3.45. The molecule has 8 nitrogen and oxygen atoms in total. The number of thiophene rings is 1. The van der Waals surface area contributed by atoms with Crippen LogP contribution in [0.4, 0.5) is 17.1 Å². The number of nitro benzene ring substituents is 1. The molecule has 2 heterocycles. The van der Waals surface area contributed by atoms with E-state index in [0.717, 1.165) is 23.5 Å². The highest BCUT2D eigenvalue weighted by atomic mass is 32.1. The van der Waals surface area contributed by atoms with Gasteiger partial charge in [-0.3, -0.25) is 19.7 Å². The minimum absolute atomic E-state index is 0.0177. The molecule has 0 fully saturated rings. The van der Waals surface area contributed by atoms with E-state index in [0.29, 0.717) is 0 Å². The summed E-state index contributed by atoms with van der Waals surface area (Å²) in [7, 11) is 0. The minimum atomic E-state index is -0.943. The number of rotatable bonds is 6. The third-order valence-corrected chi connectivity index (χ3v) is 6.16. The van der Waals surface area contributed by atoms with Gasteiger partial charge in [-0.1, -0.05) is 36.4 Å². The monoisotopic (exact) mass is 436 g/mol. The minimum Gasteiger partial charge on any atom is -0.361 e. The number of para-hydroxylation sites is 3. The molecule has 0 saturated carbocycles. The number of benzene rings is 2. The fraction of sp³-hybridized carbons (Fsp3) is 0.182. The Balaban J connectivity index is 1.46. The second-order valence-electron chi connectivity index (χ2n) is 7.04. The summed E-state index contributed by atoms with van der Waals surface area (Å²) in [5.74, 6) is -1.78. The number of nitro groups is 1. The number of carbonyl (C=O) groups excluding carboxylic acids is 2. The SMILES string of the molecule is O=C(NCC(c1cccs1)N1CCc2ccccc21)C(=O)Nc1ccccc1[N+](=O)[O-]. The molecule has 1 aromatic heterocycles. The lowest BCUT2D eigenvalue weighted by Gasteiger charge is -2.30. The lowest BCUT2D eigenvalue weighted by Crippen LogP contribution is -2.41. The highest BCUT2D eigenvalue weighted by molar-refractivity contribution is 7.10. The van der Waals surface area contributed by atoms with Gasteiger partial charge >= 0.3 is 11.8 Å². The zero-order chi connectivity index (χ0) is 21.8. The Morgan fingerprint density at radius 2 is 1.84 bits per heavy atom. The predicted octanol–water partition coefficient (Wildman–Crippen LogP) is 3.52. The molecule has 1 atom stereocenters. The predicted molar refractivity (Wildman–Crippen MR) is 119 cm³/mol. The van der Waals surface area contributed by atoms with E-state index in [4.69, 9.17) is 0 Å². The highest BCUT2D eigenvalue weighted by Crippen LogP contribution is 2.36. The molecule has 0 saturated heterocycles. The Morgan fingerprint density at radius 1 is 1.06 bits per heavy atom. The highest BCUT2D eigenvalue weighted by Gasteiger charge is 2.29. The number of anilines is 2. The summed E-state index contributed by atoms with van der Waals surface area (Å²) < 4.78 is 0. The number of hydrogen-bond donors (Lipinski definition) is 2. The van der Waals surface area contributed by atoms with Crippen molar-refractivity contribution in [2.45, 2.75) is 12.5 Å². The molecule has 158 valence electrons. The fourth-order valence-electron chi connectivity index (χ4n) is 3.72. The van der Waals surface area contributed by atoms with Crippen LogP contribution >= 0.6 is 11.3 Å². The first kappa shape index (κ1) is 20.5. The summed E-state index contributed by atoms with van der Waals surface area (Å²) in [4.78, 5) is 38.6. The van der Waals surface area contributed by atoms with Gasteiger partial charge in [0, 0.05) is 29.7 Å². The normalized spacial score (nSPS) is 13.4. The molecule has 0 radical (unpaired) electrons. The van der Waals surface area contributed by atoms with E-state index in [1.807, 2.05) is 29.6 Å². The van der Waals surface area contributed by atoms with Crippen LogP contribution < -0.4 is 15.5 Å². The van der Waals surface area contributed by atoms with Crippen LogP contribution in [-0.2, 0) is 16.0 Å². The first-order chi connectivity index (χ1) is 15.0. The summed E-state index contributed by atoms with van der Waals surface area (Å²) in [5, 5.41) is 18.1. The van der Waals surface area contributed by atoms with Gasteiger partial charge in [-0.2, -0.15) is 0 Å². The summed E-state index contributed by atoms with van der Waals surface area (Å²) in [6, 6.07) is 17.7. The van der Waals surface area contributed by atoms with Crippen molar-refractivity contribution in [3.05, 3.63) is 86.6 Å². The van der Waals surface area contributed by atoms with Gasteiger partial charge < -0.3 is 15.5 Å². The lowest BCUT2D eigenvalue weighted by molar-refractivity contribution is -0.383. The van der Waals surface area contributed by atoms with Crippen molar-refractivity contribution in [2.75, 3.05) is 23.3 Å². The average molecular weight is 436 g/mol. The molecule has 2 N–H and O–H groups in total. The van der Waals surface area contributed by atoms with Gasteiger partial charge in [0.15, 0.2) is 0 Å². The van der Waals surface area contributed by atoms with Gasteiger partial charge in [0.2, 0.25) is 0 Å². The van der Waals surface area contributed by atoms with Crippen LogP contribution in [0.25, 0.3) is 0 Å². The fourth-order valence-corrected chi connectivity index (χ4v) is 4.56. The third-order valence-electron chi connectivity index (χ3n) is 5.18. The molecule has 9 heteroatoms. The van der Waals surface area contributed by atoms with Gasteiger partial charge in [0.1, 0.15) is 5.69 Å². The summed E-state index contributed by atoms with van der Waals surface area (Å²) in [6.45, 7) is 1.05. The largest absolute Gasteiger partial charge is 0.361 e. The molecule has 31 heavy (non-hydrogen) atoms. The molecule has 1 aliphatic heterocycles. The van der Waals surface area contributed by atoms with Crippen LogP contribution in [0.15, 0.2) is 66.0 Å². The van der Waals surface area contributed by atoms with E-state index < -0.39 is 16.7 Å². The number of hydrogen-bond acceptors (Lipinski definition) is 6. The second kappa shape index (κ2) is 8.97. The van der Waals surface area contributed by atoms with Crippen molar-refractivity contribution in [3.63, 3.8) is 0 Å². The third kappa shape index (κ3) is 4.41. The van der Waals surface area contributed by atoms with Crippen LogP contribution in [0.2, 0.25) is 0 Å². The van der Waals surface area contributed by atoms with Gasteiger partial charge in [-0.15, -0.1) is 11.3 Å². The van der Waals surface area contributed by atoms with Gasteiger partial charge in [-0.25, -0.2) is 0 Å². The van der Waals surface area contributed by atoms with Gasteiger partial charge in [-0.05, 0) is 35.6 Å². The summed E-state index contributed by atoms with van der Waals surface area (Å²) in [6.07, 6.45) is 0.921. The Hall–Kier alpha value is -3.72. The molecule has 0 bridgehead atoms. The number of nitrogens with zero attached hydrogens (tertiary/aromatic N) is 2. The number of fused-ring (bicyclic) bond motifs is 1. The van der Waals surface area contributed by atoms with E-state index >= 15 is 0 Å². The number of amides is 2. The maximum absolute atomic E-state index is 12.5. The van der Waals surface area contributed by atoms with Crippen molar-refractivity contribution < 1.29 is 14.5 Å². The Morgan fingerprint density at radius 3 is 2.61 bits per heavy atom. The van der Waals surface area contributed by atoms with E-state index in [9.17, 15) is 19.7 Å². The molecule has 3 aromatic rings. The van der Waals surface area contributed by atoms with E-state index in [1.165, 1.54) is 23.8 Å². The van der Waals surface area contributed by atoms with Crippen molar-refractivity contribution in [3.8, 4) is 0 Å². The van der Waals surface area contributed by atoms with Crippen molar-refractivity contribution in [1.82, 2.24) is 5.32 Å². The Bertz CT molecular complexity index is 1120. The quantitative estimate of drug-likeness (QED) is 0.350. The topological polar surface area (TPSA) is 105 Å². The molecule has 2 amide bonds. The van der Waals surface area contributed by atoms with Crippen LogP contribution in [0.1, 0.15) is 16.5 Å². The molecule has 2 aromatic carbocycles. The van der Waals surface area contributed by atoms with Crippen LogP contribution in [0, 0.1) is 10.1 Å². The summed E-state index contributed by atoms with van der Waals surface area (Å²) >= 11 is 1.59. The molecule has 1 unspecified atom stereocenters. The van der Waals surface area contributed by atoms with E-state index in [2.05, 4.69) is 27.7 Å². The zero-order valence-corrected chi connectivity index (χ0v) is 17.3. The van der Waals surface area contributed by atoms with Crippen molar-refractivity contribution in [1.29, 1.82) is 0 Å². The second-order valence-corrected chi connectivity index (χ2v) is 8.02. The maximum Gasteiger partial charge on any atom is 0.313 e. The first-order valence-electron chi connectivity index (χ1n) is 9.75. The molecule has 0 spiro atoms. The first-order valence-corrected chi connectivity index (χ1v) is 10.6. The van der Waals surface area contributed by atoms with E-state index in [1.54, 1.807) is 17.4 Å². The standard InChI is InChI=1S/C22H20N4O4S/c27-21(22(28)24-16-7-2-4-9-18(16)26(29)30)23-14-19(20-10-5-13-31-20)25-12-11-15-6-1-3-8-17(15)25/h1-10,13,19H,11-12,14H2,(H,23,27)(H,24,28). The maximum atomic E-state index is 12.5. The smallest absolute Gasteiger partial charge is 0.313 e. The van der Waals surface area contributed by atoms with Crippen molar-refractivity contribution >= 4 is 40.2 Å². The molecule has 1 aliphatic rings. The van der Waals surface area contributed by atoms with E-state index in [-0.39, 0.29) is 24.0 Å². The molecule has 4 rings (SSSR count). The van der Waals surface area contributed by atoms with Crippen LogP contribution in [-0.4, -0.2) is 29.8 Å². The number of nitrogens with one attached hydrogen (secondary N) is 2. The Kier molecular flexibility index (Phi) is 5.94. The number of carbonyl (C=O) groups is 2. The van der Waals surface area contributed by atoms with Gasteiger partial charge in [0.25, 0.3) is 5.69 Å².